The third-order valence-electron chi connectivity index (χ3n) is 11.1. The predicted molar refractivity (Wildman–Crippen MR) is 136 cm³/mol. The minimum atomic E-state index is -0.901. The van der Waals surface area contributed by atoms with Crippen LogP contribution in [-0.2, 0) is 16.8 Å². The van der Waals surface area contributed by atoms with Gasteiger partial charge in [0.05, 0.1) is 17.8 Å². The molecule has 5 aliphatic rings. The SMILES string of the molecule is CC(C)(O)c1ccc2c(c1)C[C@]13CCC(=O)C=C1CC[C@@H]1C3C2C[C@@]2(C)[C@H]1CC[C@@]2(O)/C=C\CO. The van der Waals surface area contributed by atoms with E-state index >= 15 is 0 Å². The second-order valence-electron chi connectivity index (χ2n) is 13.1. The van der Waals surface area contributed by atoms with Crippen molar-refractivity contribution in [2.24, 2.45) is 28.6 Å². The highest BCUT2D eigenvalue weighted by atomic mass is 16.3. The molecule has 3 saturated carbocycles. The number of benzene rings is 1. The Morgan fingerprint density at radius 2 is 1.97 bits per heavy atom. The van der Waals surface area contributed by atoms with E-state index in [1.54, 1.807) is 6.08 Å². The van der Waals surface area contributed by atoms with Gasteiger partial charge in [0.1, 0.15) is 0 Å². The quantitative estimate of drug-likeness (QED) is 0.539. The lowest BCUT2D eigenvalue weighted by molar-refractivity contribution is -0.128. The third kappa shape index (κ3) is 3.19. The van der Waals surface area contributed by atoms with E-state index in [-0.39, 0.29) is 23.2 Å². The Morgan fingerprint density at radius 3 is 2.71 bits per heavy atom. The summed E-state index contributed by atoms with van der Waals surface area (Å²) in [5.41, 5.74) is 3.00. The molecule has 0 saturated heterocycles. The van der Waals surface area contributed by atoms with Gasteiger partial charge in [-0.1, -0.05) is 42.8 Å². The molecule has 7 atom stereocenters. The second-order valence-corrected chi connectivity index (χ2v) is 13.1. The van der Waals surface area contributed by atoms with E-state index < -0.39 is 11.2 Å². The topological polar surface area (TPSA) is 77.8 Å². The van der Waals surface area contributed by atoms with Crippen molar-refractivity contribution < 1.29 is 20.1 Å². The molecule has 3 N–H and O–H groups in total. The molecule has 2 unspecified atom stereocenters. The number of fused-ring (bicyclic) bond motifs is 4. The van der Waals surface area contributed by atoms with E-state index in [9.17, 15) is 20.1 Å². The van der Waals surface area contributed by atoms with E-state index in [1.807, 2.05) is 26.0 Å². The maximum atomic E-state index is 12.5. The first kappa shape index (κ1) is 23.6. The largest absolute Gasteiger partial charge is 0.392 e. The average Bonchev–Trinajstić information content (AvgIpc) is 3.07. The first-order valence-corrected chi connectivity index (χ1v) is 13.6. The molecule has 3 fully saturated rings. The first-order valence-electron chi connectivity index (χ1n) is 13.6. The van der Waals surface area contributed by atoms with Crippen molar-refractivity contribution in [2.45, 2.75) is 89.3 Å². The summed E-state index contributed by atoms with van der Waals surface area (Å²) in [5, 5.41) is 32.2. The van der Waals surface area contributed by atoms with Crippen molar-refractivity contribution in [3.8, 4) is 0 Å². The van der Waals surface area contributed by atoms with Crippen LogP contribution in [0.5, 0.6) is 0 Å². The lowest BCUT2D eigenvalue weighted by Crippen LogP contribution is -2.59. The molecule has 0 aromatic heterocycles. The number of carbonyl (C=O) groups excluding carboxylic acids is 1. The monoisotopic (exact) mass is 476 g/mol. The lowest BCUT2D eigenvalue weighted by atomic mass is 9.39. The molecular weight excluding hydrogens is 436 g/mol. The van der Waals surface area contributed by atoms with E-state index in [0.717, 1.165) is 50.5 Å². The van der Waals surface area contributed by atoms with Gasteiger partial charge < -0.3 is 15.3 Å². The number of allylic oxidation sites excluding steroid dienone is 1. The van der Waals surface area contributed by atoms with Gasteiger partial charge in [-0.2, -0.15) is 0 Å². The van der Waals surface area contributed by atoms with Crippen LogP contribution in [0.3, 0.4) is 0 Å². The third-order valence-corrected chi connectivity index (χ3v) is 11.1. The molecule has 0 heterocycles. The fourth-order valence-electron chi connectivity index (χ4n) is 9.55. The Morgan fingerprint density at radius 1 is 1.17 bits per heavy atom. The fraction of sp³-hybridized carbons (Fsp3) is 0.645. The van der Waals surface area contributed by atoms with Crippen molar-refractivity contribution in [2.75, 3.05) is 6.61 Å². The average molecular weight is 477 g/mol. The van der Waals surface area contributed by atoms with Crippen LogP contribution in [0.25, 0.3) is 0 Å². The Bertz CT molecular complexity index is 1130. The maximum Gasteiger partial charge on any atom is 0.155 e. The van der Waals surface area contributed by atoms with Crippen LogP contribution in [0.2, 0.25) is 0 Å². The Hall–Kier alpha value is -1.75. The van der Waals surface area contributed by atoms with Crippen molar-refractivity contribution >= 4 is 5.78 Å². The second kappa shape index (κ2) is 7.63. The normalized spacial score (nSPS) is 42.2. The number of hydrogen-bond donors (Lipinski definition) is 3. The highest BCUT2D eigenvalue weighted by molar-refractivity contribution is 5.91. The van der Waals surface area contributed by atoms with Gasteiger partial charge in [0, 0.05) is 11.8 Å². The lowest BCUT2D eigenvalue weighted by Gasteiger charge is -2.65. The van der Waals surface area contributed by atoms with E-state index in [4.69, 9.17) is 0 Å². The van der Waals surface area contributed by atoms with Gasteiger partial charge in [-0.05, 0) is 111 Å². The molecule has 1 spiro atoms. The summed E-state index contributed by atoms with van der Waals surface area (Å²) >= 11 is 0. The molecule has 1 aromatic rings. The van der Waals surface area contributed by atoms with Crippen molar-refractivity contribution in [1.29, 1.82) is 0 Å². The van der Waals surface area contributed by atoms with Crippen LogP contribution in [0.15, 0.2) is 42.0 Å². The summed E-state index contributed by atoms with van der Waals surface area (Å²) in [6.45, 7) is 5.94. The zero-order valence-corrected chi connectivity index (χ0v) is 21.4. The number of aliphatic hydroxyl groups excluding tert-OH is 1. The molecule has 5 aliphatic carbocycles. The van der Waals surface area contributed by atoms with Crippen LogP contribution in [0.1, 0.15) is 88.3 Å². The van der Waals surface area contributed by atoms with Crippen LogP contribution < -0.4 is 0 Å². The zero-order valence-electron chi connectivity index (χ0n) is 21.4. The number of ketones is 1. The Balaban J connectivity index is 1.54. The van der Waals surface area contributed by atoms with Crippen molar-refractivity contribution in [1.82, 2.24) is 0 Å². The van der Waals surface area contributed by atoms with Gasteiger partial charge in [-0.3, -0.25) is 4.79 Å². The predicted octanol–water partition coefficient (Wildman–Crippen LogP) is 4.96. The minimum absolute atomic E-state index is 0.0235. The van der Waals surface area contributed by atoms with Gasteiger partial charge in [0.25, 0.3) is 0 Å². The van der Waals surface area contributed by atoms with Gasteiger partial charge in [-0.15, -0.1) is 0 Å². The molecule has 4 nitrogen and oxygen atoms in total. The fourth-order valence-corrected chi connectivity index (χ4v) is 9.55. The Kier molecular flexibility index (Phi) is 5.15. The standard InChI is InChI=1S/C31H40O4/c1-28(2,34)20-5-7-23-19(15-20)17-30-12-9-22(33)16-21(30)6-8-24-26-10-13-31(35,11-4-14-32)29(26,3)18-25(23)27(24)30/h4-5,7,11,15-16,24-27,32,34-35H,6,8-10,12-14,17-18H2,1-3H3/b11-4-/t24-,25?,26-,27?,29-,30+,31-/m0/s1. The van der Waals surface area contributed by atoms with Gasteiger partial charge >= 0.3 is 0 Å². The Labute approximate surface area is 209 Å². The molecule has 4 heteroatoms. The molecule has 0 radical (unpaired) electrons. The van der Waals surface area contributed by atoms with E-state index in [1.165, 1.54) is 16.7 Å². The summed E-state index contributed by atoms with van der Waals surface area (Å²) in [6.07, 6.45) is 12.9. The van der Waals surface area contributed by atoms with Crippen molar-refractivity contribution in [3.63, 3.8) is 0 Å². The number of carbonyl (C=O) groups is 1. The van der Waals surface area contributed by atoms with Gasteiger partial charge in [0.15, 0.2) is 5.78 Å². The van der Waals surface area contributed by atoms with Crippen LogP contribution in [0.4, 0.5) is 0 Å². The molecule has 1 aromatic carbocycles. The molecule has 0 amide bonds. The highest BCUT2D eigenvalue weighted by Crippen LogP contribution is 2.73. The summed E-state index contributed by atoms with van der Waals surface area (Å²) < 4.78 is 0. The molecule has 0 aliphatic heterocycles. The summed E-state index contributed by atoms with van der Waals surface area (Å²) in [6, 6.07) is 6.57. The van der Waals surface area contributed by atoms with E-state index in [2.05, 4.69) is 25.1 Å². The van der Waals surface area contributed by atoms with Crippen LogP contribution in [-0.4, -0.2) is 33.3 Å². The molecule has 35 heavy (non-hydrogen) atoms. The minimum Gasteiger partial charge on any atom is -0.392 e. The summed E-state index contributed by atoms with van der Waals surface area (Å²) in [7, 11) is 0. The maximum absolute atomic E-state index is 12.5. The summed E-state index contributed by atoms with van der Waals surface area (Å²) in [4.78, 5) is 12.5. The first-order chi connectivity index (χ1) is 16.5. The smallest absolute Gasteiger partial charge is 0.155 e. The van der Waals surface area contributed by atoms with Crippen molar-refractivity contribution in [3.05, 3.63) is 58.7 Å². The van der Waals surface area contributed by atoms with Gasteiger partial charge in [-0.25, -0.2) is 0 Å². The summed E-state index contributed by atoms with van der Waals surface area (Å²) in [5.74, 6) is 2.08. The van der Waals surface area contributed by atoms with Crippen LogP contribution >= 0.6 is 0 Å². The highest BCUT2D eigenvalue weighted by Gasteiger charge is 2.67. The molecular formula is C31H40O4. The number of aliphatic hydroxyl groups is 3. The molecule has 188 valence electrons. The molecule has 6 rings (SSSR count). The number of rotatable bonds is 3. The van der Waals surface area contributed by atoms with Gasteiger partial charge in [0.2, 0.25) is 0 Å². The molecule has 0 bridgehead atoms. The van der Waals surface area contributed by atoms with Crippen LogP contribution in [0, 0.1) is 28.6 Å². The zero-order chi connectivity index (χ0) is 24.8. The number of hydrogen-bond acceptors (Lipinski definition) is 4. The van der Waals surface area contributed by atoms with E-state index in [0.29, 0.717) is 30.1 Å².